The Labute approximate surface area is 181 Å². The van der Waals surface area contributed by atoms with Crippen molar-refractivity contribution < 1.29 is 9.53 Å². The number of hydrogen-bond acceptors (Lipinski definition) is 3. The summed E-state index contributed by atoms with van der Waals surface area (Å²) in [5.74, 6) is 1.05. The van der Waals surface area contributed by atoms with E-state index in [4.69, 9.17) is 4.74 Å². The van der Waals surface area contributed by atoms with Crippen molar-refractivity contribution >= 4 is 17.6 Å². The fourth-order valence-electron chi connectivity index (χ4n) is 4.21. The van der Waals surface area contributed by atoms with Crippen LogP contribution in [0, 0.1) is 0 Å². The SMILES string of the molecule is CN=C(NCCCCCOC1CCCCC1)NCc1ccc(N2CCCC2=O)cc1. The summed E-state index contributed by atoms with van der Waals surface area (Å²) in [6, 6.07) is 8.22. The minimum Gasteiger partial charge on any atom is -0.378 e. The molecule has 1 aromatic carbocycles. The van der Waals surface area contributed by atoms with Crippen LogP contribution in [0.2, 0.25) is 0 Å². The van der Waals surface area contributed by atoms with Crippen LogP contribution in [-0.4, -0.2) is 44.7 Å². The van der Waals surface area contributed by atoms with E-state index < -0.39 is 0 Å². The molecule has 1 amide bonds. The molecule has 1 aliphatic heterocycles. The Morgan fingerprint density at radius 2 is 1.87 bits per heavy atom. The average Bonchev–Trinajstić information content (AvgIpc) is 3.22. The number of carbonyl (C=O) groups excluding carboxylic acids is 1. The van der Waals surface area contributed by atoms with Crippen LogP contribution in [0.3, 0.4) is 0 Å². The Hall–Kier alpha value is -2.08. The van der Waals surface area contributed by atoms with Crippen molar-refractivity contribution in [3.05, 3.63) is 29.8 Å². The molecule has 6 heteroatoms. The average molecular weight is 415 g/mol. The molecule has 166 valence electrons. The Morgan fingerprint density at radius 3 is 2.57 bits per heavy atom. The number of benzene rings is 1. The van der Waals surface area contributed by atoms with E-state index in [1.54, 1.807) is 7.05 Å². The molecule has 0 radical (unpaired) electrons. The van der Waals surface area contributed by atoms with E-state index in [0.717, 1.165) is 50.6 Å². The van der Waals surface area contributed by atoms with Crippen molar-refractivity contribution in [3.63, 3.8) is 0 Å². The molecule has 1 saturated carbocycles. The van der Waals surface area contributed by atoms with E-state index in [9.17, 15) is 4.79 Å². The predicted octanol–water partition coefficient (Wildman–Crippen LogP) is 4.00. The van der Waals surface area contributed by atoms with Crippen molar-refractivity contribution in [2.45, 2.75) is 76.9 Å². The number of amides is 1. The fourth-order valence-corrected chi connectivity index (χ4v) is 4.21. The maximum atomic E-state index is 11.9. The summed E-state index contributed by atoms with van der Waals surface area (Å²) in [6.07, 6.45) is 12.1. The lowest BCUT2D eigenvalue weighted by molar-refractivity contribution is -0.117. The van der Waals surface area contributed by atoms with Gasteiger partial charge in [0.05, 0.1) is 6.10 Å². The highest BCUT2D eigenvalue weighted by atomic mass is 16.5. The van der Waals surface area contributed by atoms with Crippen LogP contribution in [0.5, 0.6) is 0 Å². The van der Waals surface area contributed by atoms with E-state index in [-0.39, 0.29) is 5.91 Å². The van der Waals surface area contributed by atoms with Gasteiger partial charge >= 0.3 is 0 Å². The lowest BCUT2D eigenvalue weighted by Crippen LogP contribution is -2.37. The van der Waals surface area contributed by atoms with Crippen LogP contribution in [0.15, 0.2) is 29.3 Å². The molecule has 0 atom stereocenters. The van der Waals surface area contributed by atoms with Gasteiger partial charge in [-0.3, -0.25) is 9.79 Å². The molecule has 0 bridgehead atoms. The number of aliphatic imine (C=N–C) groups is 1. The molecule has 1 saturated heterocycles. The molecule has 30 heavy (non-hydrogen) atoms. The fraction of sp³-hybridized carbons (Fsp3) is 0.667. The Balaban J connectivity index is 1.26. The van der Waals surface area contributed by atoms with Gasteiger partial charge in [-0.15, -0.1) is 0 Å². The van der Waals surface area contributed by atoms with Crippen molar-refractivity contribution in [1.29, 1.82) is 0 Å². The first-order valence-electron chi connectivity index (χ1n) is 11.7. The second kappa shape index (κ2) is 12.6. The van der Waals surface area contributed by atoms with Gasteiger partial charge in [-0.2, -0.15) is 0 Å². The van der Waals surface area contributed by atoms with Gasteiger partial charge in [-0.25, -0.2) is 0 Å². The summed E-state index contributed by atoms with van der Waals surface area (Å²) in [5.41, 5.74) is 2.17. The molecule has 3 rings (SSSR count). The standard InChI is InChI=1S/C24H38N4O2/c1-25-24(26-16-6-3-7-18-30-22-9-4-2-5-10-22)27-19-20-12-14-21(15-13-20)28-17-8-11-23(28)29/h12-15,22H,2-11,16-19H2,1H3,(H2,25,26,27). The maximum absolute atomic E-state index is 11.9. The van der Waals surface area contributed by atoms with Crippen molar-refractivity contribution in [3.8, 4) is 0 Å². The van der Waals surface area contributed by atoms with Gasteiger partial charge in [-0.05, 0) is 56.2 Å². The number of nitrogens with one attached hydrogen (secondary N) is 2. The van der Waals surface area contributed by atoms with Crippen LogP contribution in [0.25, 0.3) is 0 Å². The summed E-state index contributed by atoms with van der Waals surface area (Å²) < 4.78 is 5.99. The molecule has 0 unspecified atom stereocenters. The third kappa shape index (κ3) is 7.31. The number of hydrogen-bond donors (Lipinski definition) is 2. The minimum absolute atomic E-state index is 0.228. The highest BCUT2D eigenvalue weighted by Crippen LogP contribution is 2.22. The van der Waals surface area contributed by atoms with Gasteiger partial charge in [0.15, 0.2) is 5.96 Å². The number of unbranched alkanes of at least 4 members (excludes halogenated alkanes) is 2. The number of guanidine groups is 1. The number of carbonyl (C=O) groups is 1. The van der Waals surface area contributed by atoms with Crippen molar-refractivity contribution in [1.82, 2.24) is 10.6 Å². The maximum Gasteiger partial charge on any atom is 0.227 e. The molecular weight excluding hydrogens is 376 g/mol. The number of nitrogens with zero attached hydrogens (tertiary/aromatic N) is 2. The zero-order valence-corrected chi connectivity index (χ0v) is 18.5. The molecule has 2 fully saturated rings. The van der Waals surface area contributed by atoms with Crippen LogP contribution < -0.4 is 15.5 Å². The van der Waals surface area contributed by atoms with Crippen molar-refractivity contribution in [2.75, 3.05) is 31.6 Å². The molecule has 2 N–H and O–H groups in total. The molecule has 0 aromatic heterocycles. The lowest BCUT2D eigenvalue weighted by atomic mass is 9.98. The number of rotatable bonds is 10. The summed E-state index contributed by atoms with van der Waals surface area (Å²) in [5, 5.41) is 6.75. The topological polar surface area (TPSA) is 66.0 Å². The monoisotopic (exact) mass is 414 g/mol. The van der Waals surface area contributed by atoms with Crippen LogP contribution in [0.1, 0.15) is 69.8 Å². The Morgan fingerprint density at radius 1 is 1.07 bits per heavy atom. The van der Waals surface area contributed by atoms with E-state index in [1.165, 1.54) is 44.1 Å². The zero-order chi connectivity index (χ0) is 21.0. The first kappa shape index (κ1) is 22.6. The quantitative estimate of drug-likeness (QED) is 0.345. The zero-order valence-electron chi connectivity index (χ0n) is 18.5. The predicted molar refractivity (Wildman–Crippen MR) is 123 cm³/mol. The molecule has 1 aliphatic carbocycles. The number of anilines is 1. The van der Waals surface area contributed by atoms with Crippen molar-refractivity contribution in [2.24, 2.45) is 4.99 Å². The van der Waals surface area contributed by atoms with Gasteiger partial charge < -0.3 is 20.3 Å². The summed E-state index contributed by atoms with van der Waals surface area (Å²) in [6.45, 7) is 3.36. The van der Waals surface area contributed by atoms with E-state index in [0.29, 0.717) is 19.1 Å². The highest BCUT2D eigenvalue weighted by Gasteiger charge is 2.21. The van der Waals surface area contributed by atoms with Gasteiger partial charge in [0.25, 0.3) is 0 Å². The van der Waals surface area contributed by atoms with Gasteiger partial charge in [0.2, 0.25) is 5.91 Å². The first-order valence-corrected chi connectivity index (χ1v) is 11.7. The molecule has 2 aliphatic rings. The summed E-state index contributed by atoms with van der Waals surface area (Å²) in [7, 11) is 1.80. The third-order valence-electron chi connectivity index (χ3n) is 6.02. The second-order valence-electron chi connectivity index (χ2n) is 8.36. The minimum atomic E-state index is 0.228. The molecule has 0 spiro atoms. The lowest BCUT2D eigenvalue weighted by Gasteiger charge is -2.21. The highest BCUT2D eigenvalue weighted by molar-refractivity contribution is 5.95. The Kier molecular flexibility index (Phi) is 9.48. The molecule has 1 heterocycles. The smallest absolute Gasteiger partial charge is 0.227 e. The van der Waals surface area contributed by atoms with E-state index in [1.807, 2.05) is 17.0 Å². The third-order valence-corrected chi connectivity index (χ3v) is 6.02. The van der Waals surface area contributed by atoms with Crippen LogP contribution >= 0.6 is 0 Å². The van der Waals surface area contributed by atoms with E-state index >= 15 is 0 Å². The number of ether oxygens (including phenoxy) is 1. The van der Waals surface area contributed by atoms with Crippen LogP contribution in [-0.2, 0) is 16.1 Å². The summed E-state index contributed by atoms with van der Waals surface area (Å²) >= 11 is 0. The largest absolute Gasteiger partial charge is 0.378 e. The van der Waals surface area contributed by atoms with Gasteiger partial charge in [-0.1, -0.05) is 31.4 Å². The molecular formula is C24H38N4O2. The van der Waals surface area contributed by atoms with E-state index in [2.05, 4.69) is 27.8 Å². The Bertz CT molecular complexity index is 668. The van der Waals surface area contributed by atoms with Gasteiger partial charge in [0, 0.05) is 45.4 Å². The van der Waals surface area contributed by atoms with Crippen LogP contribution in [0.4, 0.5) is 5.69 Å². The summed E-state index contributed by atoms with van der Waals surface area (Å²) in [4.78, 5) is 18.0. The molecule has 6 nitrogen and oxygen atoms in total. The van der Waals surface area contributed by atoms with Gasteiger partial charge in [0.1, 0.15) is 0 Å². The second-order valence-corrected chi connectivity index (χ2v) is 8.36. The molecule has 1 aromatic rings. The normalized spacial score (nSPS) is 18.1. The first-order chi connectivity index (χ1) is 14.8.